The predicted molar refractivity (Wildman–Crippen MR) is 117 cm³/mol. The summed E-state index contributed by atoms with van der Waals surface area (Å²) in [5.41, 5.74) is 1.44. The third kappa shape index (κ3) is 5.34. The Balaban J connectivity index is 1.32. The van der Waals surface area contributed by atoms with Gasteiger partial charge in [0.2, 0.25) is 15.9 Å². The Hall–Kier alpha value is -2.78. The standard InChI is InChI=1S/C23H26FN3O4S/c24-19-7-11-21(12-8-19)32(30,31)27-13-1-2-18(15-27)22(28)25-14-16-3-5-17(6-4-16)23(29)26-20-9-10-20/h3-8,11-12,18,20H,1-2,9-10,13-15H2,(H,25,28)(H,26,29). The van der Waals surface area contributed by atoms with E-state index in [-0.39, 0.29) is 23.3 Å². The molecule has 1 saturated carbocycles. The third-order valence-corrected chi connectivity index (χ3v) is 7.68. The molecule has 2 aromatic carbocycles. The second-order valence-electron chi connectivity index (χ2n) is 8.32. The lowest BCUT2D eigenvalue weighted by Gasteiger charge is -2.31. The second-order valence-corrected chi connectivity index (χ2v) is 10.3. The number of benzene rings is 2. The van der Waals surface area contributed by atoms with Crippen LogP contribution in [-0.4, -0.2) is 43.7 Å². The molecule has 0 aromatic heterocycles. The zero-order valence-corrected chi connectivity index (χ0v) is 18.4. The second kappa shape index (κ2) is 9.38. The summed E-state index contributed by atoms with van der Waals surface area (Å²) in [4.78, 5) is 24.8. The number of carbonyl (C=O) groups excluding carboxylic acids is 2. The molecular weight excluding hydrogens is 433 g/mol. The van der Waals surface area contributed by atoms with Crippen molar-refractivity contribution >= 4 is 21.8 Å². The summed E-state index contributed by atoms with van der Waals surface area (Å²) in [6.45, 7) is 0.713. The average Bonchev–Trinajstić information content (AvgIpc) is 3.62. The van der Waals surface area contributed by atoms with E-state index in [0.29, 0.717) is 37.5 Å². The summed E-state index contributed by atoms with van der Waals surface area (Å²) in [5, 5.41) is 5.80. The van der Waals surface area contributed by atoms with Crippen molar-refractivity contribution in [3.8, 4) is 0 Å². The van der Waals surface area contributed by atoms with Crippen LogP contribution in [0, 0.1) is 11.7 Å². The molecule has 2 N–H and O–H groups in total. The van der Waals surface area contributed by atoms with Gasteiger partial charge in [0.15, 0.2) is 0 Å². The number of hydrogen-bond acceptors (Lipinski definition) is 4. The fourth-order valence-electron chi connectivity index (χ4n) is 3.73. The zero-order chi connectivity index (χ0) is 22.7. The van der Waals surface area contributed by atoms with E-state index in [1.165, 1.54) is 16.4 Å². The molecular formula is C23H26FN3O4S. The lowest BCUT2D eigenvalue weighted by Crippen LogP contribution is -2.45. The maximum absolute atomic E-state index is 13.1. The Morgan fingerprint density at radius 3 is 2.34 bits per heavy atom. The highest BCUT2D eigenvalue weighted by Crippen LogP contribution is 2.24. The number of rotatable bonds is 7. The number of nitrogens with one attached hydrogen (secondary N) is 2. The highest BCUT2D eigenvalue weighted by molar-refractivity contribution is 7.89. The molecule has 2 aliphatic rings. The molecule has 0 spiro atoms. The number of carbonyl (C=O) groups is 2. The van der Waals surface area contributed by atoms with E-state index in [4.69, 9.17) is 0 Å². The molecule has 0 bridgehead atoms. The maximum Gasteiger partial charge on any atom is 0.251 e. The molecule has 7 nitrogen and oxygen atoms in total. The molecule has 1 aliphatic carbocycles. The number of piperidine rings is 1. The molecule has 4 rings (SSSR count). The van der Waals surface area contributed by atoms with Crippen molar-refractivity contribution in [2.24, 2.45) is 5.92 Å². The summed E-state index contributed by atoms with van der Waals surface area (Å²) in [5.74, 6) is -1.26. The van der Waals surface area contributed by atoms with E-state index < -0.39 is 21.8 Å². The molecule has 1 heterocycles. The van der Waals surface area contributed by atoms with Crippen molar-refractivity contribution in [3.05, 3.63) is 65.5 Å². The summed E-state index contributed by atoms with van der Waals surface area (Å²) in [6, 6.07) is 12.1. The molecule has 1 saturated heterocycles. The van der Waals surface area contributed by atoms with Gasteiger partial charge in [-0.1, -0.05) is 12.1 Å². The first-order valence-electron chi connectivity index (χ1n) is 10.8. The number of sulfonamides is 1. The highest BCUT2D eigenvalue weighted by atomic mass is 32.2. The van der Waals surface area contributed by atoms with Gasteiger partial charge in [0, 0.05) is 31.2 Å². The van der Waals surface area contributed by atoms with Crippen LogP contribution in [0.1, 0.15) is 41.6 Å². The summed E-state index contributed by atoms with van der Waals surface area (Å²) in [6.07, 6.45) is 3.23. The Kier molecular flexibility index (Phi) is 6.57. The van der Waals surface area contributed by atoms with E-state index in [2.05, 4.69) is 10.6 Å². The summed E-state index contributed by atoms with van der Waals surface area (Å²) in [7, 11) is -3.78. The number of nitrogens with zero attached hydrogens (tertiary/aromatic N) is 1. The molecule has 170 valence electrons. The third-order valence-electron chi connectivity index (χ3n) is 5.80. The minimum Gasteiger partial charge on any atom is -0.352 e. The van der Waals surface area contributed by atoms with Crippen LogP contribution in [0.15, 0.2) is 53.4 Å². The van der Waals surface area contributed by atoms with Gasteiger partial charge < -0.3 is 10.6 Å². The smallest absolute Gasteiger partial charge is 0.251 e. The van der Waals surface area contributed by atoms with Gasteiger partial charge in [-0.25, -0.2) is 12.8 Å². The van der Waals surface area contributed by atoms with Crippen LogP contribution in [-0.2, 0) is 21.4 Å². The highest BCUT2D eigenvalue weighted by Gasteiger charge is 2.33. The lowest BCUT2D eigenvalue weighted by atomic mass is 9.98. The molecule has 1 atom stereocenters. The Labute approximate surface area is 187 Å². The molecule has 1 aliphatic heterocycles. The van der Waals surface area contributed by atoms with Crippen LogP contribution in [0.25, 0.3) is 0 Å². The first kappa shape index (κ1) is 22.4. The molecule has 2 aromatic rings. The maximum atomic E-state index is 13.1. The molecule has 32 heavy (non-hydrogen) atoms. The number of amides is 2. The van der Waals surface area contributed by atoms with E-state index in [1.807, 2.05) is 0 Å². The largest absolute Gasteiger partial charge is 0.352 e. The van der Waals surface area contributed by atoms with Gasteiger partial charge in [-0.2, -0.15) is 4.31 Å². The minimum atomic E-state index is -3.78. The van der Waals surface area contributed by atoms with Crippen molar-refractivity contribution < 1.29 is 22.4 Å². The van der Waals surface area contributed by atoms with Crippen LogP contribution in [0.3, 0.4) is 0 Å². The average molecular weight is 460 g/mol. The molecule has 1 unspecified atom stereocenters. The minimum absolute atomic E-state index is 0.0192. The fraction of sp³-hybridized carbons (Fsp3) is 0.391. The van der Waals surface area contributed by atoms with Crippen LogP contribution in [0.5, 0.6) is 0 Å². The topological polar surface area (TPSA) is 95.6 Å². The van der Waals surface area contributed by atoms with E-state index in [1.54, 1.807) is 24.3 Å². The number of hydrogen-bond donors (Lipinski definition) is 2. The van der Waals surface area contributed by atoms with Gasteiger partial charge in [-0.15, -0.1) is 0 Å². The first-order valence-corrected chi connectivity index (χ1v) is 12.2. The predicted octanol–water partition coefficient (Wildman–Crippen LogP) is 2.43. The molecule has 2 amide bonds. The summed E-state index contributed by atoms with van der Waals surface area (Å²) < 4.78 is 40.1. The molecule has 9 heteroatoms. The Morgan fingerprint density at radius 1 is 1.00 bits per heavy atom. The fourth-order valence-corrected chi connectivity index (χ4v) is 5.26. The van der Waals surface area contributed by atoms with Crippen LogP contribution < -0.4 is 10.6 Å². The van der Waals surface area contributed by atoms with Gasteiger partial charge in [0.1, 0.15) is 5.82 Å². The summed E-state index contributed by atoms with van der Waals surface area (Å²) >= 11 is 0. The van der Waals surface area contributed by atoms with Crippen molar-refractivity contribution in [1.29, 1.82) is 0 Å². The van der Waals surface area contributed by atoms with Gasteiger partial charge in [-0.05, 0) is 67.6 Å². The molecule has 2 fully saturated rings. The lowest BCUT2D eigenvalue weighted by molar-refractivity contribution is -0.126. The SMILES string of the molecule is O=C(NC1CC1)c1ccc(CNC(=O)C2CCCN(S(=O)(=O)c3ccc(F)cc3)C2)cc1. The quantitative estimate of drug-likeness (QED) is 0.665. The Bertz CT molecular complexity index is 1080. The van der Waals surface area contributed by atoms with Crippen molar-refractivity contribution in [3.63, 3.8) is 0 Å². The van der Waals surface area contributed by atoms with E-state index >= 15 is 0 Å². The van der Waals surface area contributed by atoms with Crippen LogP contribution >= 0.6 is 0 Å². The van der Waals surface area contributed by atoms with Crippen LogP contribution in [0.2, 0.25) is 0 Å². The van der Waals surface area contributed by atoms with E-state index in [9.17, 15) is 22.4 Å². The number of halogens is 1. The Morgan fingerprint density at radius 2 is 1.69 bits per heavy atom. The monoisotopic (exact) mass is 459 g/mol. The van der Waals surface area contributed by atoms with Crippen molar-refractivity contribution in [1.82, 2.24) is 14.9 Å². The van der Waals surface area contributed by atoms with Crippen LogP contribution in [0.4, 0.5) is 4.39 Å². The van der Waals surface area contributed by atoms with Gasteiger partial charge in [0.25, 0.3) is 5.91 Å². The molecule has 0 radical (unpaired) electrons. The van der Waals surface area contributed by atoms with Crippen molar-refractivity contribution in [2.75, 3.05) is 13.1 Å². The van der Waals surface area contributed by atoms with Gasteiger partial charge >= 0.3 is 0 Å². The normalized spacial score (nSPS) is 19.3. The van der Waals surface area contributed by atoms with Crippen molar-refractivity contribution in [2.45, 2.75) is 43.2 Å². The van der Waals surface area contributed by atoms with E-state index in [0.717, 1.165) is 30.5 Å². The zero-order valence-electron chi connectivity index (χ0n) is 17.6. The van der Waals surface area contributed by atoms with Gasteiger partial charge in [-0.3, -0.25) is 9.59 Å². The first-order chi connectivity index (χ1) is 15.3. The van der Waals surface area contributed by atoms with Gasteiger partial charge in [0.05, 0.1) is 10.8 Å².